The summed E-state index contributed by atoms with van der Waals surface area (Å²) >= 11 is 1.97. The third kappa shape index (κ3) is 2.49. The smallest absolute Gasteiger partial charge is 0.236 e. The molecule has 1 heterocycles. The quantitative estimate of drug-likeness (QED) is 0.649. The van der Waals surface area contributed by atoms with Gasteiger partial charge in [0.05, 0.1) is 10.1 Å². The Labute approximate surface area is 77.5 Å². The van der Waals surface area contributed by atoms with E-state index in [4.69, 9.17) is 4.52 Å². The summed E-state index contributed by atoms with van der Waals surface area (Å²) in [5.41, 5.74) is 0.758. The van der Waals surface area contributed by atoms with Crippen molar-refractivity contribution in [3.8, 4) is 0 Å². The zero-order valence-electron chi connectivity index (χ0n) is 5.93. The van der Waals surface area contributed by atoms with E-state index in [2.05, 4.69) is 10.5 Å². The summed E-state index contributed by atoms with van der Waals surface area (Å²) in [5, 5.41) is 6.15. The van der Waals surface area contributed by atoms with Crippen molar-refractivity contribution in [2.75, 3.05) is 9.74 Å². The van der Waals surface area contributed by atoms with Crippen molar-refractivity contribution >= 4 is 34.4 Å². The molecule has 1 N–H and O–H groups in total. The Balaban J connectivity index is 2.57. The summed E-state index contributed by atoms with van der Waals surface area (Å²) in [4.78, 5) is 10.8. The van der Waals surface area contributed by atoms with Crippen LogP contribution in [0.15, 0.2) is 10.6 Å². The van der Waals surface area contributed by atoms with Gasteiger partial charge in [-0.1, -0.05) is 27.7 Å². The molecule has 11 heavy (non-hydrogen) atoms. The van der Waals surface area contributed by atoms with Crippen molar-refractivity contribution in [2.45, 2.75) is 6.92 Å². The van der Waals surface area contributed by atoms with Gasteiger partial charge >= 0.3 is 0 Å². The van der Waals surface area contributed by atoms with E-state index in [-0.39, 0.29) is 5.91 Å². The zero-order chi connectivity index (χ0) is 8.27. The number of carbonyl (C=O) groups excluding carboxylic acids is 1. The van der Waals surface area contributed by atoms with Crippen molar-refractivity contribution < 1.29 is 9.32 Å². The largest absolute Gasteiger partial charge is 0.338 e. The fourth-order valence-electron chi connectivity index (χ4n) is 0.593. The van der Waals surface area contributed by atoms with Crippen LogP contribution in [0.3, 0.4) is 0 Å². The third-order valence-corrected chi connectivity index (χ3v) is 1.70. The monoisotopic (exact) mass is 266 g/mol. The Morgan fingerprint density at radius 2 is 2.64 bits per heavy atom. The van der Waals surface area contributed by atoms with Crippen LogP contribution in [0.2, 0.25) is 0 Å². The molecule has 1 aromatic rings. The second-order valence-corrected chi connectivity index (χ2v) is 2.78. The van der Waals surface area contributed by atoms with Gasteiger partial charge in [0.1, 0.15) is 0 Å². The van der Waals surface area contributed by atoms with Gasteiger partial charge in [-0.05, 0) is 6.92 Å². The summed E-state index contributed by atoms with van der Waals surface area (Å²) in [6.07, 6.45) is 0. The first kappa shape index (κ1) is 8.51. The SMILES string of the molecule is Cc1cc(NC(=O)CI)on1. The third-order valence-electron chi connectivity index (χ3n) is 1.01. The van der Waals surface area contributed by atoms with Gasteiger partial charge in [0.25, 0.3) is 0 Å². The molecule has 0 bridgehead atoms. The maximum atomic E-state index is 10.8. The molecule has 0 aliphatic rings. The Hall–Kier alpha value is -0.590. The number of halogens is 1. The van der Waals surface area contributed by atoms with Crippen LogP contribution in [-0.2, 0) is 4.79 Å². The molecule has 0 spiro atoms. The fourth-order valence-corrected chi connectivity index (χ4v) is 0.784. The van der Waals surface area contributed by atoms with Gasteiger partial charge in [-0.3, -0.25) is 10.1 Å². The van der Waals surface area contributed by atoms with E-state index >= 15 is 0 Å². The number of rotatable bonds is 2. The summed E-state index contributed by atoms with van der Waals surface area (Å²) in [6, 6.07) is 1.67. The Morgan fingerprint density at radius 1 is 1.91 bits per heavy atom. The van der Waals surface area contributed by atoms with Gasteiger partial charge in [0.2, 0.25) is 11.8 Å². The van der Waals surface area contributed by atoms with Gasteiger partial charge in [0, 0.05) is 6.07 Å². The molecule has 0 aromatic carbocycles. The van der Waals surface area contributed by atoms with Crippen LogP contribution in [0.5, 0.6) is 0 Å². The van der Waals surface area contributed by atoms with Crippen LogP contribution in [0, 0.1) is 6.92 Å². The van der Waals surface area contributed by atoms with Crippen LogP contribution in [0.4, 0.5) is 5.88 Å². The van der Waals surface area contributed by atoms with Gasteiger partial charge in [-0.2, -0.15) is 0 Å². The van der Waals surface area contributed by atoms with E-state index in [0.717, 1.165) is 5.69 Å². The summed E-state index contributed by atoms with van der Waals surface area (Å²) in [7, 11) is 0. The number of carbonyl (C=O) groups is 1. The number of hydrogen-bond donors (Lipinski definition) is 1. The minimum absolute atomic E-state index is 0.0817. The molecule has 1 rings (SSSR count). The Kier molecular flexibility index (Phi) is 2.86. The summed E-state index contributed by atoms with van der Waals surface area (Å²) < 4.78 is 5.17. The molecule has 0 saturated carbocycles. The van der Waals surface area contributed by atoms with Gasteiger partial charge in [-0.25, -0.2) is 0 Å². The maximum Gasteiger partial charge on any atom is 0.236 e. The molecule has 0 saturated heterocycles. The number of nitrogens with one attached hydrogen (secondary N) is 1. The summed E-state index contributed by atoms with van der Waals surface area (Å²) in [5.74, 6) is 0.325. The van der Waals surface area contributed by atoms with Crippen LogP contribution in [-0.4, -0.2) is 15.5 Å². The van der Waals surface area contributed by atoms with Gasteiger partial charge in [0.15, 0.2) is 0 Å². The first-order valence-corrected chi connectivity index (χ1v) is 4.54. The molecule has 60 valence electrons. The number of nitrogens with zero attached hydrogens (tertiary/aromatic N) is 1. The van der Waals surface area contributed by atoms with Gasteiger partial charge < -0.3 is 4.52 Å². The second-order valence-electron chi connectivity index (χ2n) is 2.01. The van der Waals surface area contributed by atoms with Crippen molar-refractivity contribution in [1.29, 1.82) is 0 Å². The molecule has 0 atom stereocenters. The van der Waals surface area contributed by atoms with E-state index in [0.29, 0.717) is 10.3 Å². The molecular formula is C6H7IN2O2. The highest BCUT2D eigenvalue weighted by Crippen LogP contribution is 2.07. The predicted molar refractivity (Wildman–Crippen MR) is 48.8 cm³/mol. The Bertz CT molecular complexity index is 259. The minimum atomic E-state index is -0.0817. The highest BCUT2D eigenvalue weighted by molar-refractivity contribution is 14.1. The molecule has 0 fully saturated rings. The molecular weight excluding hydrogens is 259 g/mol. The molecule has 5 heteroatoms. The molecule has 0 unspecified atom stereocenters. The normalized spacial score (nSPS) is 9.64. The number of hydrogen-bond acceptors (Lipinski definition) is 3. The number of alkyl halides is 1. The van der Waals surface area contributed by atoms with E-state index in [1.165, 1.54) is 0 Å². The van der Waals surface area contributed by atoms with E-state index in [1.807, 2.05) is 22.6 Å². The van der Waals surface area contributed by atoms with Crippen LogP contribution in [0.25, 0.3) is 0 Å². The number of aromatic nitrogens is 1. The maximum absolute atomic E-state index is 10.8. The average molecular weight is 266 g/mol. The molecule has 0 radical (unpaired) electrons. The highest BCUT2D eigenvalue weighted by atomic mass is 127. The average Bonchev–Trinajstić information content (AvgIpc) is 2.35. The van der Waals surface area contributed by atoms with Crippen molar-refractivity contribution in [3.63, 3.8) is 0 Å². The lowest BCUT2D eigenvalue weighted by Gasteiger charge is -1.93. The van der Waals surface area contributed by atoms with E-state index < -0.39 is 0 Å². The second kappa shape index (κ2) is 3.70. The summed E-state index contributed by atoms with van der Waals surface area (Å²) in [6.45, 7) is 1.79. The first-order valence-electron chi connectivity index (χ1n) is 3.01. The molecule has 1 aromatic heterocycles. The fraction of sp³-hybridized carbons (Fsp3) is 0.333. The van der Waals surface area contributed by atoms with Crippen LogP contribution in [0.1, 0.15) is 5.69 Å². The lowest BCUT2D eigenvalue weighted by Crippen LogP contribution is -2.11. The van der Waals surface area contributed by atoms with Crippen molar-refractivity contribution in [3.05, 3.63) is 11.8 Å². The number of amides is 1. The van der Waals surface area contributed by atoms with Crippen molar-refractivity contribution in [2.24, 2.45) is 0 Å². The minimum Gasteiger partial charge on any atom is -0.338 e. The molecule has 0 aliphatic carbocycles. The highest BCUT2D eigenvalue weighted by Gasteiger charge is 2.03. The van der Waals surface area contributed by atoms with Crippen LogP contribution >= 0.6 is 22.6 Å². The zero-order valence-corrected chi connectivity index (χ0v) is 8.08. The van der Waals surface area contributed by atoms with E-state index in [1.54, 1.807) is 13.0 Å². The number of anilines is 1. The lowest BCUT2D eigenvalue weighted by molar-refractivity contribution is -0.113. The van der Waals surface area contributed by atoms with Crippen LogP contribution < -0.4 is 5.32 Å². The Morgan fingerprint density at radius 3 is 3.09 bits per heavy atom. The molecule has 4 nitrogen and oxygen atoms in total. The standard InChI is InChI=1S/C6H7IN2O2/c1-4-2-6(11-9-4)8-5(10)3-7/h2H,3H2,1H3,(H,8,10). The lowest BCUT2D eigenvalue weighted by atomic mass is 10.5. The molecule has 1 amide bonds. The van der Waals surface area contributed by atoms with Gasteiger partial charge in [-0.15, -0.1) is 0 Å². The van der Waals surface area contributed by atoms with Crippen molar-refractivity contribution in [1.82, 2.24) is 5.16 Å². The van der Waals surface area contributed by atoms with E-state index in [9.17, 15) is 4.79 Å². The topological polar surface area (TPSA) is 55.1 Å². The first-order chi connectivity index (χ1) is 5.22. The number of aryl methyl sites for hydroxylation is 1. The predicted octanol–water partition coefficient (Wildman–Crippen LogP) is 1.36. The molecule has 0 aliphatic heterocycles.